The van der Waals surface area contributed by atoms with Gasteiger partial charge < -0.3 is 10.1 Å². The molecule has 0 aliphatic heterocycles. The van der Waals surface area contributed by atoms with E-state index in [-0.39, 0.29) is 0 Å². The van der Waals surface area contributed by atoms with Crippen molar-refractivity contribution in [3.05, 3.63) is 28.2 Å². The lowest BCUT2D eigenvalue weighted by Gasteiger charge is -2.10. The summed E-state index contributed by atoms with van der Waals surface area (Å²) in [7, 11) is 1.72. The van der Waals surface area contributed by atoms with Crippen LogP contribution >= 0.6 is 15.9 Å². The molecule has 1 N–H and O–H groups in total. The second kappa shape index (κ2) is 6.92. The molecule has 0 fully saturated rings. The van der Waals surface area contributed by atoms with E-state index in [9.17, 15) is 0 Å². The van der Waals surface area contributed by atoms with Gasteiger partial charge in [0.15, 0.2) is 0 Å². The molecule has 0 aliphatic rings. The largest absolute Gasteiger partial charge is 0.496 e. The van der Waals surface area contributed by atoms with E-state index in [1.165, 1.54) is 5.56 Å². The van der Waals surface area contributed by atoms with Crippen LogP contribution in [0.3, 0.4) is 0 Å². The van der Waals surface area contributed by atoms with Gasteiger partial charge in [-0.3, -0.25) is 0 Å². The van der Waals surface area contributed by atoms with Gasteiger partial charge in [0.1, 0.15) is 5.75 Å². The Balaban J connectivity index is 2.47. The first-order chi connectivity index (χ1) is 7.63. The number of hydrogen-bond donors (Lipinski definition) is 1. The van der Waals surface area contributed by atoms with E-state index in [2.05, 4.69) is 47.2 Å². The second-order valence-corrected chi connectivity index (χ2v) is 5.08. The molecule has 0 radical (unpaired) electrons. The molecule has 0 bridgehead atoms. The van der Waals surface area contributed by atoms with Crippen molar-refractivity contribution in [3.63, 3.8) is 0 Å². The van der Waals surface area contributed by atoms with Gasteiger partial charge in [-0.05, 0) is 37.1 Å². The smallest absolute Gasteiger partial charge is 0.123 e. The van der Waals surface area contributed by atoms with E-state index in [1.54, 1.807) is 7.11 Å². The van der Waals surface area contributed by atoms with E-state index in [1.807, 2.05) is 6.07 Å². The third-order valence-electron chi connectivity index (χ3n) is 2.42. The van der Waals surface area contributed by atoms with E-state index in [4.69, 9.17) is 4.74 Å². The lowest BCUT2D eigenvalue weighted by molar-refractivity contribution is 0.408. The van der Waals surface area contributed by atoms with Gasteiger partial charge in [0.05, 0.1) is 7.11 Å². The molecule has 2 nitrogen and oxygen atoms in total. The maximum atomic E-state index is 5.35. The Hall–Kier alpha value is -0.540. The van der Waals surface area contributed by atoms with E-state index in [0.717, 1.165) is 29.6 Å². The van der Waals surface area contributed by atoms with E-state index < -0.39 is 0 Å². The van der Waals surface area contributed by atoms with Crippen LogP contribution in [0.15, 0.2) is 22.7 Å². The van der Waals surface area contributed by atoms with Crippen LogP contribution in [0.2, 0.25) is 0 Å². The van der Waals surface area contributed by atoms with Crippen LogP contribution < -0.4 is 10.1 Å². The molecule has 0 atom stereocenters. The Morgan fingerprint density at radius 1 is 1.38 bits per heavy atom. The van der Waals surface area contributed by atoms with E-state index >= 15 is 0 Å². The minimum atomic E-state index is 0.562. The van der Waals surface area contributed by atoms with Crippen molar-refractivity contribution in [2.45, 2.75) is 32.7 Å². The highest BCUT2D eigenvalue weighted by molar-refractivity contribution is 9.10. The van der Waals surface area contributed by atoms with Crippen LogP contribution in [0.4, 0.5) is 0 Å². The van der Waals surface area contributed by atoms with Crippen molar-refractivity contribution in [1.29, 1.82) is 0 Å². The summed E-state index contributed by atoms with van der Waals surface area (Å²) in [6.07, 6.45) is 2.19. The SMILES string of the molecule is COc1cc(Br)ccc1CCCNC(C)C. The summed E-state index contributed by atoms with van der Waals surface area (Å²) in [4.78, 5) is 0. The predicted octanol–water partition coefficient (Wildman–Crippen LogP) is 3.39. The zero-order chi connectivity index (χ0) is 12.0. The normalized spacial score (nSPS) is 10.8. The number of nitrogens with one attached hydrogen (secondary N) is 1. The molecule has 3 heteroatoms. The molecule has 1 aromatic carbocycles. The highest BCUT2D eigenvalue weighted by atomic mass is 79.9. The molecule has 1 aromatic rings. The third kappa shape index (κ3) is 4.54. The van der Waals surface area contributed by atoms with Crippen LogP contribution in [0.1, 0.15) is 25.8 Å². The molecule has 0 saturated carbocycles. The van der Waals surface area contributed by atoms with Crippen LogP contribution in [0.5, 0.6) is 5.75 Å². The van der Waals surface area contributed by atoms with Crippen molar-refractivity contribution in [2.75, 3.05) is 13.7 Å². The van der Waals surface area contributed by atoms with Gasteiger partial charge in [-0.2, -0.15) is 0 Å². The summed E-state index contributed by atoms with van der Waals surface area (Å²) in [6.45, 7) is 5.39. The van der Waals surface area contributed by atoms with Gasteiger partial charge in [0, 0.05) is 10.5 Å². The molecule has 0 aliphatic carbocycles. The van der Waals surface area contributed by atoms with Crippen molar-refractivity contribution in [3.8, 4) is 5.75 Å². The van der Waals surface area contributed by atoms with Crippen LogP contribution in [0.25, 0.3) is 0 Å². The molecule has 0 unspecified atom stereocenters. The maximum absolute atomic E-state index is 5.35. The molecular weight excluding hydrogens is 266 g/mol. The lowest BCUT2D eigenvalue weighted by atomic mass is 10.1. The molecule has 0 amide bonds. The zero-order valence-electron chi connectivity index (χ0n) is 10.2. The first-order valence-corrected chi connectivity index (χ1v) is 6.48. The molecule has 16 heavy (non-hydrogen) atoms. The third-order valence-corrected chi connectivity index (χ3v) is 2.92. The van der Waals surface area contributed by atoms with Gasteiger partial charge in [0.2, 0.25) is 0 Å². The summed E-state index contributed by atoms with van der Waals surface area (Å²) in [5.74, 6) is 0.971. The summed E-state index contributed by atoms with van der Waals surface area (Å²) >= 11 is 3.45. The molecule has 0 saturated heterocycles. The van der Waals surface area contributed by atoms with Crippen molar-refractivity contribution in [1.82, 2.24) is 5.32 Å². The fourth-order valence-electron chi connectivity index (χ4n) is 1.59. The number of halogens is 1. The minimum Gasteiger partial charge on any atom is -0.496 e. The highest BCUT2D eigenvalue weighted by Crippen LogP contribution is 2.24. The Morgan fingerprint density at radius 3 is 2.75 bits per heavy atom. The number of aryl methyl sites for hydroxylation is 1. The zero-order valence-corrected chi connectivity index (χ0v) is 11.8. The van der Waals surface area contributed by atoms with Gasteiger partial charge in [-0.15, -0.1) is 0 Å². The van der Waals surface area contributed by atoms with Crippen molar-refractivity contribution < 1.29 is 4.74 Å². The number of methoxy groups -OCH3 is 1. The maximum Gasteiger partial charge on any atom is 0.123 e. The predicted molar refractivity (Wildman–Crippen MR) is 72.2 cm³/mol. The lowest BCUT2D eigenvalue weighted by Crippen LogP contribution is -2.23. The van der Waals surface area contributed by atoms with E-state index in [0.29, 0.717) is 6.04 Å². The topological polar surface area (TPSA) is 21.3 Å². The van der Waals surface area contributed by atoms with Gasteiger partial charge in [-0.25, -0.2) is 0 Å². The summed E-state index contributed by atoms with van der Waals surface area (Å²) < 4.78 is 6.42. The standard InChI is InChI=1S/C13H20BrNO/c1-10(2)15-8-4-5-11-6-7-12(14)9-13(11)16-3/h6-7,9-10,15H,4-5,8H2,1-3H3. The fraction of sp³-hybridized carbons (Fsp3) is 0.538. The van der Waals surface area contributed by atoms with Gasteiger partial charge >= 0.3 is 0 Å². The fourth-order valence-corrected chi connectivity index (χ4v) is 1.93. The van der Waals surface area contributed by atoms with Gasteiger partial charge in [-0.1, -0.05) is 35.8 Å². The monoisotopic (exact) mass is 285 g/mol. The average molecular weight is 286 g/mol. The summed E-state index contributed by atoms with van der Waals surface area (Å²) in [5, 5.41) is 3.41. The summed E-state index contributed by atoms with van der Waals surface area (Å²) in [5.41, 5.74) is 1.27. The van der Waals surface area contributed by atoms with Crippen LogP contribution in [0, 0.1) is 0 Å². The first kappa shape index (κ1) is 13.5. The van der Waals surface area contributed by atoms with Crippen molar-refractivity contribution in [2.24, 2.45) is 0 Å². The molecule has 1 rings (SSSR count). The summed E-state index contributed by atoms with van der Waals surface area (Å²) in [6, 6.07) is 6.77. The van der Waals surface area contributed by atoms with Gasteiger partial charge in [0.25, 0.3) is 0 Å². The number of benzene rings is 1. The molecular formula is C13H20BrNO. The Bertz CT molecular complexity index is 326. The Labute approximate surface area is 107 Å². The Kier molecular flexibility index (Phi) is 5.85. The first-order valence-electron chi connectivity index (χ1n) is 5.69. The Morgan fingerprint density at radius 2 is 2.12 bits per heavy atom. The number of ether oxygens (including phenoxy) is 1. The van der Waals surface area contributed by atoms with Crippen LogP contribution in [-0.4, -0.2) is 19.7 Å². The van der Waals surface area contributed by atoms with Crippen LogP contribution in [-0.2, 0) is 6.42 Å². The van der Waals surface area contributed by atoms with Crippen molar-refractivity contribution >= 4 is 15.9 Å². The molecule has 0 spiro atoms. The minimum absolute atomic E-state index is 0.562. The number of rotatable bonds is 6. The quantitative estimate of drug-likeness (QED) is 0.809. The molecule has 0 heterocycles. The molecule has 0 aromatic heterocycles. The average Bonchev–Trinajstić information content (AvgIpc) is 2.25. The number of hydrogen-bond acceptors (Lipinski definition) is 2. The second-order valence-electron chi connectivity index (χ2n) is 4.17. The highest BCUT2D eigenvalue weighted by Gasteiger charge is 2.03. The molecule has 90 valence electrons.